The standard InChI is InChI=1S/C30H42N2O3/c1-29(2,3)24-16-22(17-25(27(24)34)30(4,5)6)26(33)19-32-18-21(13-14-35-7)23(28(32)31)15-20-11-9-8-10-12-20/h8-12,16-17,21,23,31,34H,13-15,18-19H2,1-7H3. The van der Waals surface area contributed by atoms with Gasteiger partial charge in [0.15, 0.2) is 5.78 Å². The van der Waals surface area contributed by atoms with Gasteiger partial charge in [0.25, 0.3) is 0 Å². The first-order valence-electron chi connectivity index (χ1n) is 12.6. The SMILES string of the molecule is COCCC1CN(CC(=O)c2cc(C(C)(C)C)c(O)c(C(C)(C)C)c2)C(=N)C1Cc1ccccc1. The Kier molecular flexibility index (Phi) is 8.10. The molecule has 0 radical (unpaired) electrons. The number of benzene rings is 2. The molecule has 2 atom stereocenters. The van der Waals surface area contributed by atoms with E-state index in [2.05, 4.69) is 12.1 Å². The third-order valence-electron chi connectivity index (χ3n) is 7.09. The molecule has 0 spiro atoms. The number of ether oxygens (including phenoxy) is 1. The van der Waals surface area contributed by atoms with Crippen molar-refractivity contribution < 1.29 is 14.6 Å². The zero-order valence-corrected chi connectivity index (χ0v) is 22.4. The molecule has 2 aromatic rings. The van der Waals surface area contributed by atoms with Crippen molar-refractivity contribution in [3.8, 4) is 5.75 Å². The van der Waals surface area contributed by atoms with E-state index in [4.69, 9.17) is 10.1 Å². The number of carbonyl (C=O) groups excluding carboxylic acids is 1. The van der Waals surface area contributed by atoms with Gasteiger partial charge in [-0.1, -0.05) is 71.9 Å². The van der Waals surface area contributed by atoms with Gasteiger partial charge in [-0.3, -0.25) is 10.2 Å². The second-order valence-corrected chi connectivity index (χ2v) is 11.9. The number of phenolic OH excluding ortho intramolecular Hbond substituents is 1. The minimum Gasteiger partial charge on any atom is -0.507 e. The molecule has 35 heavy (non-hydrogen) atoms. The zero-order valence-electron chi connectivity index (χ0n) is 22.4. The molecule has 1 heterocycles. The van der Waals surface area contributed by atoms with Gasteiger partial charge in [0.05, 0.1) is 6.54 Å². The second kappa shape index (κ2) is 10.5. The number of amidine groups is 1. The number of Topliss-reactive ketones (excluding diaryl/α,β-unsaturated/α-hetero) is 1. The summed E-state index contributed by atoms with van der Waals surface area (Å²) in [5, 5.41) is 20.0. The van der Waals surface area contributed by atoms with Crippen LogP contribution in [0.1, 0.15) is 75.0 Å². The van der Waals surface area contributed by atoms with E-state index in [9.17, 15) is 9.90 Å². The highest BCUT2D eigenvalue weighted by Crippen LogP contribution is 2.40. The van der Waals surface area contributed by atoms with E-state index in [1.54, 1.807) is 7.11 Å². The van der Waals surface area contributed by atoms with Crippen molar-refractivity contribution >= 4 is 11.6 Å². The van der Waals surface area contributed by atoms with Crippen LogP contribution in [0.25, 0.3) is 0 Å². The van der Waals surface area contributed by atoms with Gasteiger partial charge in [-0.2, -0.15) is 0 Å². The molecular weight excluding hydrogens is 436 g/mol. The van der Waals surface area contributed by atoms with Crippen molar-refractivity contribution in [1.82, 2.24) is 4.90 Å². The predicted molar refractivity (Wildman–Crippen MR) is 143 cm³/mol. The first-order valence-corrected chi connectivity index (χ1v) is 12.6. The van der Waals surface area contributed by atoms with E-state index < -0.39 is 0 Å². The number of hydrogen-bond acceptors (Lipinski definition) is 4. The van der Waals surface area contributed by atoms with E-state index in [1.165, 1.54) is 5.56 Å². The van der Waals surface area contributed by atoms with Crippen molar-refractivity contribution in [2.45, 2.75) is 65.2 Å². The molecule has 1 aliphatic rings. The maximum absolute atomic E-state index is 13.6. The van der Waals surface area contributed by atoms with Gasteiger partial charge in [-0.25, -0.2) is 0 Å². The summed E-state index contributed by atoms with van der Waals surface area (Å²) in [6.07, 6.45) is 1.66. The van der Waals surface area contributed by atoms with Crippen LogP contribution in [0.4, 0.5) is 0 Å². The number of phenols is 1. The van der Waals surface area contributed by atoms with Gasteiger partial charge < -0.3 is 14.7 Å². The molecule has 3 rings (SSSR count). The summed E-state index contributed by atoms with van der Waals surface area (Å²) < 4.78 is 5.34. The lowest BCUT2D eigenvalue weighted by Gasteiger charge is -2.28. The fourth-order valence-corrected chi connectivity index (χ4v) is 5.01. The Balaban J connectivity index is 1.87. The summed E-state index contributed by atoms with van der Waals surface area (Å²) in [6, 6.07) is 14.0. The minimum atomic E-state index is -0.299. The van der Waals surface area contributed by atoms with E-state index in [0.717, 1.165) is 24.0 Å². The van der Waals surface area contributed by atoms with Crippen LogP contribution in [0.2, 0.25) is 0 Å². The average Bonchev–Trinajstić information content (AvgIpc) is 3.05. The van der Waals surface area contributed by atoms with Gasteiger partial charge in [0.2, 0.25) is 0 Å². The summed E-state index contributed by atoms with van der Waals surface area (Å²) >= 11 is 0. The van der Waals surface area contributed by atoms with Crippen LogP contribution in [0.3, 0.4) is 0 Å². The maximum Gasteiger partial charge on any atom is 0.182 e. The first-order chi connectivity index (χ1) is 16.3. The number of rotatable bonds is 8. The number of methoxy groups -OCH3 is 1. The molecule has 0 saturated carbocycles. The topological polar surface area (TPSA) is 73.6 Å². The highest BCUT2D eigenvalue weighted by Gasteiger charge is 2.38. The lowest BCUT2D eigenvalue weighted by atomic mass is 9.78. The maximum atomic E-state index is 13.6. The van der Waals surface area contributed by atoms with Gasteiger partial charge in [0.1, 0.15) is 11.6 Å². The van der Waals surface area contributed by atoms with Crippen LogP contribution in [-0.4, -0.2) is 48.4 Å². The van der Waals surface area contributed by atoms with Crippen LogP contribution in [0.5, 0.6) is 5.75 Å². The molecule has 1 saturated heterocycles. The molecule has 1 aliphatic heterocycles. The Labute approximate surface area is 211 Å². The normalized spacial score (nSPS) is 18.8. The fourth-order valence-electron chi connectivity index (χ4n) is 5.01. The number of ketones is 1. The van der Waals surface area contributed by atoms with Crippen molar-refractivity contribution in [1.29, 1.82) is 5.41 Å². The molecule has 2 unspecified atom stereocenters. The third kappa shape index (κ3) is 6.32. The molecule has 2 aromatic carbocycles. The quantitative estimate of drug-likeness (QED) is 0.458. The van der Waals surface area contributed by atoms with Gasteiger partial charge in [-0.15, -0.1) is 0 Å². The predicted octanol–water partition coefficient (Wildman–Crippen LogP) is 5.97. The summed E-state index contributed by atoms with van der Waals surface area (Å²) in [5.41, 5.74) is 2.78. The molecule has 0 bridgehead atoms. The molecular formula is C30H42N2O3. The molecule has 1 fully saturated rings. The Hall–Kier alpha value is -2.66. The van der Waals surface area contributed by atoms with E-state index in [0.29, 0.717) is 24.6 Å². The highest BCUT2D eigenvalue weighted by atomic mass is 16.5. The third-order valence-corrected chi connectivity index (χ3v) is 7.09. The molecule has 5 heteroatoms. The number of aromatic hydroxyl groups is 1. The number of likely N-dealkylation sites (tertiary alicyclic amines) is 1. The molecule has 2 N–H and O–H groups in total. The summed E-state index contributed by atoms with van der Waals surface area (Å²) in [4.78, 5) is 15.5. The number of nitrogens with one attached hydrogen (secondary N) is 1. The van der Waals surface area contributed by atoms with Crippen molar-refractivity contribution in [2.75, 3.05) is 26.8 Å². The minimum absolute atomic E-state index is 0.0170. The van der Waals surface area contributed by atoms with Crippen LogP contribution in [-0.2, 0) is 22.0 Å². The van der Waals surface area contributed by atoms with E-state index in [1.807, 2.05) is 76.8 Å². The molecule has 190 valence electrons. The molecule has 0 aliphatic carbocycles. The highest BCUT2D eigenvalue weighted by molar-refractivity contribution is 6.01. The van der Waals surface area contributed by atoms with Crippen LogP contribution in [0.15, 0.2) is 42.5 Å². The fraction of sp³-hybridized carbons (Fsp3) is 0.533. The number of nitrogens with zero attached hydrogens (tertiary/aromatic N) is 1. The van der Waals surface area contributed by atoms with Gasteiger partial charge in [0, 0.05) is 42.9 Å². The molecule has 5 nitrogen and oxygen atoms in total. The summed E-state index contributed by atoms with van der Waals surface area (Å²) in [6.45, 7) is 13.8. The Morgan fingerprint density at radius 1 is 1.06 bits per heavy atom. The lowest BCUT2D eigenvalue weighted by molar-refractivity contribution is 0.0961. The van der Waals surface area contributed by atoms with E-state index >= 15 is 0 Å². The Morgan fingerprint density at radius 2 is 1.63 bits per heavy atom. The smallest absolute Gasteiger partial charge is 0.182 e. The van der Waals surface area contributed by atoms with Crippen LogP contribution in [0, 0.1) is 17.2 Å². The molecule has 0 amide bonds. The second-order valence-electron chi connectivity index (χ2n) is 11.9. The Bertz CT molecular complexity index is 1010. The van der Waals surface area contributed by atoms with E-state index in [-0.39, 0.29) is 40.7 Å². The van der Waals surface area contributed by atoms with Crippen molar-refractivity contribution in [3.63, 3.8) is 0 Å². The number of carbonyl (C=O) groups is 1. The zero-order chi connectivity index (χ0) is 26.0. The Morgan fingerprint density at radius 3 is 2.14 bits per heavy atom. The monoisotopic (exact) mass is 478 g/mol. The first kappa shape index (κ1) is 26.9. The van der Waals surface area contributed by atoms with Crippen LogP contribution < -0.4 is 0 Å². The average molecular weight is 479 g/mol. The number of hydrogen-bond donors (Lipinski definition) is 2. The van der Waals surface area contributed by atoms with Crippen molar-refractivity contribution in [2.24, 2.45) is 11.8 Å². The largest absolute Gasteiger partial charge is 0.507 e. The summed E-state index contributed by atoms with van der Waals surface area (Å²) in [5.74, 6) is 1.13. The van der Waals surface area contributed by atoms with Crippen LogP contribution >= 0.6 is 0 Å². The summed E-state index contributed by atoms with van der Waals surface area (Å²) in [7, 11) is 1.71. The van der Waals surface area contributed by atoms with Gasteiger partial charge >= 0.3 is 0 Å². The lowest BCUT2D eigenvalue weighted by Crippen LogP contribution is -2.33. The molecule has 0 aromatic heterocycles. The van der Waals surface area contributed by atoms with Crippen molar-refractivity contribution in [3.05, 3.63) is 64.7 Å². The van der Waals surface area contributed by atoms with Gasteiger partial charge in [-0.05, 0) is 47.3 Å².